The first-order chi connectivity index (χ1) is 7.66. The number of hydrogen-bond acceptors (Lipinski definition) is 3. The molecule has 3 rings (SSSR count). The second kappa shape index (κ2) is 2.91. The highest BCUT2D eigenvalue weighted by molar-refractivity contribution is 5.81. The number of fused-ring (bicyclic) bond motifs is 3. The molecule has 0 saturated heterocycles. The summed E-state index contributed by atoms with van der Waals surface area (Å²) < 4.78 is 2.60. The van der Waals surface area contributed by atoms with Crippen molar-refractivity contribution >= 4 is 16.6 Å². The van der Waals surface area contributed by atoms with Crippen LogP contribution in [0.4, 0.5) is 0 Å². The first-order valence-corrected chi connectivity index (χ1v) is 5.01. The van der Waals surface area contributed by atoms with Crippen molar-refractivity contribution < 1.29 is 4.73 Å². The molecule has 3 aromatic rings. The van der Waals surface area contributed by atoms with Gasteiger partial charge in [0.15, 0.2) is 11.8 Å². The molecule has 0 N–H and O–H groups in total. The summed E-state index contributed by atoms with van der Waals surface area (Å²) in [6, 6.07) is 3.67. The van der Waals surface area contributed by atoms with E-state index in [0.717, 1.165) is 27.0 Å². The minimum atomic E-state index is 0.639. The van der Waals surface area contributed by atoms with E-state index in [1.807, 2.05) is 13.0 Å². The molecule has 0 aliphatic rings. The number of aromatic nitrogens is 4. The Balaban J connectivity index is 2.56. The van der Waals surface area contributed by atoms with E-state index in [0.29, 0.717) is 5.69 Å². The fraction of sp³-hybridized carbons (Fsp3) is 0.182. The van der Waals surface area contributed by atoms with Crippen molar-refractivity contribution in [2.75, 3.05) is 0 Å². The van der Waals surface area contributed by atoms with Gasteiger partial charge in [0.25, 0.3) is 0 Å². The first-order valence-electron chi connectivity index (χ1n) is 5.01. The van der Waals surface area contributed by atoms with E-state index in [2.05, 4.69) is 10.1 Å². The monoisotopic (exact) mass is 214 g/mol. The molecule has 5 heteroatoms. The van der Waals surface area contributed by atoms with Gasteiger partial charge < -0.3 is 5.21 Å². The van der Waals surface area contributed by atoms with Crippen LogP contribution in [0.5, 0.6) is 0 Å². The summed E-state index contributed by atoms with van der Waals surface area (Å²) in [5.74, 6) is 0. The van der Waals surface area contributed by atoms with Crippen LogP contribution in [0.1, 0.15) is 11.4 Å². The van der Waals surface area contributed by atoms with Gasteiger partial charge >= 0.3 is 0 Å². The molecule has 0 aliphatic heterocycles. The normalized spacial score (nSPS) is 11.4. The lowest BCUT2D eigenvalue weighted by atomic mass is 10.2. The molecular formula is C11H10N4O. The van der Waals surface area contributed by atoms with Gasteiger partial charge in [-0.05, 0) is 6.92 Å². The molecule has 3 heterocycles. The largest absolute Gasteiger partial charge is 0.618 e. The summed E-state index contributed by atoms with van der Waals surface area (Å²) in [6.07, 6.45) is 3.21. The average Bonchev–Trinajstić information content (AvgIpc) is 2.63. The topological polar surface area (TPSA) is 57.1 Å². The van der Waals surface area contributed by atoms with Crippen molar-refractivity contribution in [3.63, 3.8) is 0 Å². The van der Waals surface area contributed by atoms with Crippen LogP contribution in [0.15, 0.2) is 24.5 Å². The van der Waals surface area contributed by atoms with Crippen molar-refractivity contribution in [1.82, 2.24) is 14.6 Å². The SMILES string of the molecule is Cc1cc2ncc3c(C)[n+]([O-])ccc3n2n1. The van der Waals surface area contributed by atoms with Gasteiger partial charge in [-0.2, -0.15) is 9.83 Å². The number of rotatable bonds is 0. The maximum Gasteiger partial charge on any atom is 0.200 e. The van der Waals surface area contributed by atoms with Gasteiger partial charge in [-0.15, -0.1) is 0 Å². The molecule has 3 aromatic heterocycles. The zero-order chi connectivity index (χ0) is 11.3. The molecular weight excluding hydrogens is 204 g/mol. The Bertz CT molecular complexity index is 702. The van der Waals surface area contributed by atoms with E-state index >= 15 is 0 Å². The van der Waals surface area contributed by atoms with Crippen LogP contribution in [-0.4, -0.2) is 14.6 Å². The fourth-order valence-electron chi connectivity index (χ4n) is 1.87. The minimum Gasteiger partial charge on any atom is -0.618 e. The van der Waals surface area contributed by atoms with E-state index in [4.69, 9.17) is 0 Å². The number of nitrogens with zero attached hydrogens (tertiary/aromatic N) is 4. The molecule has 0 radical (unpaired) electrons. The number of aryl methyl sites for hydroxylation is 2. The van der Waals surface area contributed by atoms with Gasteiger partial charge in [0.1, 0.15) is 0 Å². The van der Waals surface area contributed by atoms with Crippen LogP contribution in [0, 0.1) is 19.1 Å². The van der Waals surface area contributed by atoms with Gasteiger partial charge in [-0.3, -0.25) is 0 Å². The van der Waals surface area contributed by atoms with Crippen molar-refractivity contribution in [3.8, 4) is 0 Å². The molecule has 0 saturated carbocycles. The van der Waals surface area contributed by atoms with Crippen molar-refractivity contribution in [1.29, 1.82) is 0 Å². The zero-order valence-corrected chi connectivity index (χ0v) is 9.01. The lowest BCUT2D eigenvalue weighted by Gasteiger charge is -2.04. The highest BCUT2D eigenvalue weighted by atomic mass is 16.5. The van der Waals surface area contributed by atoms with Gasteiger partial charge in [0.05, 0.1) is 16.6 Å². The molecule has 0 fully saturated rings. The Kier molecular flexibility index (Phi) is 1.65. The number of hydrogen-bond donors (Lipinski definition) is 0. The van der Waals surface area contributed by atoms with Crippen molar-refractivity contribution in [2.45, 2.75) is 13.8 Å². The van der Waals surface area contributed by atoms with Gasteiger partial charge in [0, 0.05) is 25.3 Å². The molecule has 0 aromatic carbocycles. The maximum atomic E-state index is 11.4. The van der Waals surface area contributed by atoms with Crippen LogP contribution >= 0.6 is 0 Å². The fourth-order valence-corrected chi connectivity index (χ4v) is 1.87. The summed E-state index contributed by atoms with van der Waals surface area (Å²) in [5, 5.41) is 16.6. The smallest absolute Gasteiger partial charge is 0.200 e. The third-order valence-electron chi connectivity index (χ3n) is 2.73. The molecule has 0 bridgehead atoms. The number of pyridine rings is 1. The highest BCUT2D eigenvalue weighted by Gasteiger charge is 2.10. The minimum absolute atomic E-state index is 0.639. The predicted molar refractivity (Wildman–Crippen MR) is 58.9 cm³/mol. The molecule has 5 nitrogen and oxygen atoms in total. The summed E-state index contributed by atoms with van der Waals surface area (Å²) in [6.45, 7) is 3.70. The van der Waals surface area contributed by atoms with E-state index in [1.165, 1.54) is 6.20 Å². The Morgan fingerprint density at radius 2 is 2.19 bits per heavy atom. The van der Waals surface area contributed by atoms with Crippen LogP contribution in [0.2, 0.25) is 0 Å². The van der Waals surface area contributed by atoms with E-state index < -0.39 is 0 Å². The quantitative estimate of drug-likeness (QED) is 0.416. The van der Waals surface area contributed by atoms with E-state index in [1.54, 1.807) is 23.7 Å². The standard InChI is InChI=1S/C11H10N4O/c1-7-5-11-12-6-9-8(2)14(16)4-3-10(9)15(11)13-7/h3-6H,1-2H3. The van der Waals surface area contributed by atoms with Crippen LogP contribution in [-0.2, 0) is 0 Å². The van der Waals surface area contributed by atoms with Crippen LogP contribution < -0.4 is 4.73 Å². The Hall–Kier alpha value is -2.17. The van der Waals surface area contributed by atoms with E-state index in [-0.39, 0.29) is 0 Å². The molecule has 0 unspecified atom stereocenters. The molecule has 0 aliphatic carbocycles. The van der Waals surface area contributed by atoms with Crippen molar-refractivity contribution in [2.24, 2.45) is 0 Å². The zero-order valence-electron chi connectivity index (χ0n) is 9.01. The molecule has 0 amide bonds. The van der Waals surface area contributed by atoms with Crippen molar-refractivity contribution in [3.05, 3.63) is 41.1 Å². The Morgan fingerprint density at radius 3 is 3.00 bits per heavy atom. The molecule has 0 atom stereocenters. The van der Waals surface area contributed by atoms with Crippen LogP contribution in [0.3, 0.4) is 0 Å². The Labute approximate surface area is 91.5 Å². The summed E-state index contributed by atoms with van der Waals surface area (Å²) >= 11 is 0. The van der Waals surface area contributed by atoms with Gasteiger partial charge in [-0.1, -0.05) is 0 Å². The predicted octanol–water partition coefficient (Wildman–Crippen LogP) is 1.13. The maximum absolute atomic E-state index is 11.4. The first kappa shape index (κ1) is 9.08. The summed E-state index contributed by atoms with van der Waals surface area (Å²) in [4.78, 5) is 4.28. The van der Waals surface area contributed by atoms with Crippen LogP contribution in [0.25, 0.3) is 16.6 Å². The highest BCUT2D eigenvalue weighted by Crippen LogP contribution is 2.16. The van der Waals surface area contributed by atoms with E-state index in [9.17, 15) is 5.21 Å². The lowest BCUT2D eigenvalue weighted by Crippen LogP contribution is -2.29. The Morgan fingerprint density at radius 1 is 1.38 bits per heavy atom. The second-order valence-corrected chi connectivity index (χ2v) is 3.84. The molecule has 0 spiro atoms. The average molecular weight is 214 g/mol. The third kappa shape index (κ3) is 1.08. The van der Waals surface area contributed by atoms with Gasteiger partial charge in [-0.25, -0.2) is 9.50 Å². The molecule has 80 valence electrons. The summed E-state index contributed by atoms with van der Waals surface area (Å²) in [7, 11) is 0. The lowest BCUT2D eigenvalue weighted by molar-refractivity contribution is -0.610. The summed E-state index contributed by atoms with van der Waals surface area (Å²) in [5.41, 5.74) is 3.26. The molecule has 16 heavy (non-hydrogen) atoms. The third-order valence-corrected chi connectivity index (χ3v) is 2.73. The second-order valence-electron chi connectivity index (χ2n) is 3.84. The van der Waals surface area contributed by atoms with Gasteiger partial charge in [0.2, 0.25) is 5.69 Å².